The Bertz CT molecular complexity index is 335. The summed E-state index contributed by atoms with van der Waals surface area (Å²) in [5.74, 6) is 0.468. The van der Waals surface area contributed by atoms with Gasteiger partial charge >= 0.3 is 0 Å². The monoisotopic (exact) mass is 261 g/mol. The highest BCUT2D eigenvalue weighted by molar-refractivity contribution is 7.86. The van der Waals surface area contributed by atoms with E-state index < -0.39 is 10.2 Å². The lowest BCUT2D eigenvalue weighted by molar-refractivity contribution is 0.261. The third kappa shape index (κ3) is 3.51. The lowest BCUT2D eigenvalue weighted by atomic mass is 9.99. The van der Waals surface area contributed by atoms with Gasteiger partial charge in [0, 0.05) is 26.2 Å². The first kappa shape index (κ1) is 14.6. The van der Waals surface area contributed by atoms with Gasteiger partial charge in [-0.3, -0.25) is 0 Å². The molecule has 1 aliphatic rings. The number of hydrogen-bond donors (Lipinski definition) is 1. The highest BCUT2D eigenvalue weighted by Crippen LogP contribution is 2.20. The molecule has 0 saturated carbocycles. The van der Waals surface area contributed by atoms with Crippen molar-refractivity contribution in [3.63, 3.8) is 0 Å². The van der Waals surface area contributed by atoms with Crippen molar-refractivity contribution in [2.75, 3.05) is 32.7 Å². The van der Waals surface area contributed by atoms with Crippen molar-refractivity contribution in [2.24, 2.45) is 11.7 Å². The second kappa shape index (κ2) is 6.49. The third-order valence-corrected chi connectivity index (χ3v) is 5.32. The molecule has 1 saturated heterocycles. The average molecular weight is 261 g/mol. The molecular weight excluding hydrogens is 238 g/mol. The van der Waals surface area contributed by atoms with E-state index >= 15 is 0 Å². The molecule has 0 amide bonds. The summed E-state index contributed by atoms with van der Waals surface area (Å²) in [6.45, 7) is 8.09. The average Bonchev–Trinajstić information content (AvgIpc) is 2.35. The fourth-order valence-corrected chi connectivity index (χ4v) is 3.69. The minimum absolute atomic E-state index is 0.371. The second-order valence-electron chi connectivity index (χ2n) is 4.33. The summed E-state index contributed by atoms with van der Waals surface area (Å²) in [7, 11) is -3.31. The third-order valence-electron chi connectivity index (χ3n) is 3.24. The Morgan fingerprint density at radius 2 is 2.06 bits per heavy atom. The zero-order chi connectivity index (χ0) is 12.9. The van der Waals surface area contributed by atoms with Crippen molar-refractivity contribution in [1.82, 2.24) is 8.61 Å². The predicted molar refractivity (Wildman–Crippen MR) is 69.7 cm³/mol. The van der Waals surface area contributed by atoms with Crippen molar-refractivity contribution >= 4 is 10.2 Å². The van der Waals surface area contributed by atoms with E-state index in [2.05, 4.69) is 6.58 Å². The normalized spacial score (nSPS) is 19.7. The van der Waals surface area contributed by atoms with Crippen LogP contribution >= 0.6 is 0 Å². The summed E-state index contributed by atoms with van der Waals surface area (Å²) < 4.78 is 27.6. The molecule has 5 nitrogen and oxygen atoms in total. The van der Waals surface area contributed by atoms with Crippen molar-refractivity contribution in [2.45, 2.75) is 19.8 Å². The van der Waals surface area contributed by atoms with E-state index in [1.807, 2.05) is 6.92 Å². The largest absolute Gasteiger partial charge is 0.330 e. The number of nitrogens with zero attached hydrogens (tertiary/aromatic N) is 2. The summed E-state index contributed by atoms with van der Waals surface area (Å²) in [5.41, 5.74) is 5.60. The molecule has 1 heterocycles. The Morgan fingerprint density at radius 1 is 1.47 bits per heavy atom. The number of nitrogens with two attached hydrogens (primary N) is 1. The SMILES string of the molecule is C=CCN(CC)S(=O)(=O)N1CCC(CN)CC1. The topological polar surface area (TPSA) is 66.6 Å². The standard InChI is InChI=1S/C11H23N3O2S/c1-3-7-13(4-2)17(15,16)14-8-5-11(10-12)6-9-14/h3,11H,1,4-10,12H2,2H3. The molecule has 0 bridgehead atoms. The zero-order valence-corrected chi connectivity index (χ0v) is 11.3. The van der Waals surface area contributed by atoms with Gasteiger partial charge in [0.25, 0.3) is 10.2 Å². The summed E-state index contributed by atoms with van der Waals surface area (Å²) in [5, 5.41) is 0. The fourth-order valence-electron chi connectivity index (χ4n) is 2.07. The Kier molecular flexibility index (Phi) is 5.58. The lowest BCUT2D eigenvalue weighted by Gasteiger charge is -2.33. The van der Waals surface area contributed by atoms with Crippen molar-refractivity contribution < 1.29 is 8.42 Å². The summed E-state index contributed by atoms with van der Waals surface area (Å²) >= 11 is 0. The second-order valence-corrected chi connectivity index (χ2v) is 6.25. The number of likely N-dealkylation sites (N-methyl/N-ethyl adjacent to an activating group) is 1. The van der Waals surface area contributed by atoms with Crippen LogP contribution in [-0.2, 0) is 10.2 Å². The van der Waals surface area contributed by atoms with E-state index in [1.165, 1.54) is 4.31 Å². The van der Waals surface area contributed by atoms with E-state index in [0.29, 0.717) is 38.6 Å². The Labute approximate surface area is 104 Å². The van der Waals surface area contributed by atoms with E-state index in [4.69, 9.17) is 5.73 Å². The summed E-state index contributed by atoms with van der Waals surface area (Å²) in [6.07, 6.45) is 3.34. The number of piperidine rings is 1. The molecule has 17 heavy (non-hydrogen) atoms. The van der Waals surface area contributed by atoms with Crippen LogP contribution in [0.1, 0.15) is 19.8 Å². The van der Waals surface area contributed by atoms with Crippen LogP contribution in [0.3, 0.4) is 0 Å². The minimum atomic E-state index is -3.31. The Balaban J connectivity index is 2.67. The molecule has 1 aliphatic heterocycles. The van der Waals surface area contributed by atoms with Crippen LogP contribution in [0.4, 0.5) is 0 Å². The van der Waals surface area contributed by atoms with Gasteiger partial charge < -0.3 is 5.73 Å². The van der Waals surface area contributed by atoms with Gasteiger partial charge in [-0.05, 0) is 25.3 Å². The van der Waals surface area contributed by atoms with Gasteiger partial charge in [-0.1, -0.05) is 13.0 Å². The number of hydrogen-bond acceptors (Lipinski definition) is 3. The molecule has 0 aliphatic carbocycles. The Morgan fingerprint density at radius 3 is 2.47 bits per heavy atom. The maximum atomic E-state index is 12.3. The molecule has 1 rings (SSSR count). The highest BCUT2D eigenvalue weighted by atomic mass is 32.2. The molecule has 0 radical (unpaired) electrons. The van der Waals surface area contributed by atoms with E-state index in [1.54, 1.807) is 10.4 Å². The first-order chi connectivity index (χ1) is 8.06. The fraction of sp³-hybridized carbons (Fsp3) is 0.818. The molecule has 0 aromatic rings. The van der Waals surface area contributed by atoms with Crippen LogP contribution < -0.4 is 5.73 Å². The highest BCUT2D eigenvalue weighted by Gasteiger charge is 2.31. The molecule has 100 valence electrons. The summed E-state index contributed by atoms with van der Waals surface area (Å²) in [6, 6.07) is 0. The van der Waals surface area contributed by atoms with Gasteiger partial charge in [-0.2, -0.15) is 17.0 Å². The van der Waals surface area contributed by atoms with Crippen molar-refractivity contribution in [1.29, 1.82) is 0 Å². The first-order valence-corrected chi connectivity index (χ1v) is 7.52. The zero-order valence-electron chi connectivity index (χ0n) is 10.5. The van der Waals surface area contributed by atoms with Gasteiger partial charge in [0.2, 0.25) is 0 Å². The molecule has 6 heteroatoms. The van der Waals surface area contributed by atoms with Crippen LogP contribution in [0, 0.1) is 5.92 Å². The van der Waals surface area contributed by atoms with Gasteiger partial charge in [0.05, 0.1) is 0 Å². The van der Waals surface area contributed by atoms with Gasteiger partial charge in [-0.25, -0.2) is 0 Å². The van der Waals surface area contributed by atoms with Crippen molar-refractivity contribution in [3.05, 3.63) is 12.7 Å². The number of rotatable bonds is 6. The molecule has 0 unspecified atom stereocenters. The van der Waals surface area contributed by atoms with Crippen LogP contribution in [0.25, 0.3) is 0 Å². The lowest BCUT2D eigenvalue weighted by Crippen LogP contribution is -2.47. The maximum Gasteiger partial charge on any atom is 0.282 e. The van der Waals surface area contributed by atoms with Crippen LogP contribution in [-0.4, -0.2) is 49.8 Å². The van der Waals surface area contributed by atoms with Gasteiger partial charge in [0.1, 0.15) is 0 Å². The Hall–Kier alpha value is -0.430. The minimum Gasteiger partial charge on any atom is -0.330 e. The molecule has 2 N–H and O–H groups in total. The van der Waals surface area contributed by atoms with E-state index in [-0.39, 0.29) is 0 Å². The van der Waals surface area contributed by atoms with Crippen LogP contribution in [0.15, 0.2) is 12.7 Å². The summed E-state index contributed by atoms with van der Waals surface area (Å²) in [4.78, 5) is 0. The first-order valence-electron chi connectivity index (χ1n) is 6.12. The van der Waals surface area contributed by atoms with Crippen LogP contribution in [0.2, 0.25) is 0 Å². The molecule has 0 spiro atoms. The maximum absolute atomic E-state index is 12.3. The molecular formula is C11H23N3O2S. The molecule has 1 fully saturated rings. The van der Waals surface area contributed by atoms with E-state index in [0.717, 1.165) is 12.8 Å². The van der Waals surface area contributed by atoms with Gasteiger partial charge in [0.15, 0.2) is 0 Å². The molecule has 0 aromatic carbocycles. The molecule has 0 atom stereocenters. The van der Waals surface area contributed by atoms with Crippen LogP contribution in [0.5, 0.6) is 0 Å². The van der Waals surface area contributed by atoms with Crippen molar-refractivity contribution in [3.8, 4) is 0 Å². The predicted octanol–water partition coefficient (Wildman–Crippen LogP) is 0.410. The molecule has 0 aromatic heterocycles. The smallest absolute Gasteiger partial charge is 0.282 e. The van der Waals surface area contributed by atoms with Gasteiger partial charge in [-0.15, -0.1) is 6.58 Å². The van der Waals surface area contributed by atoms with E-state index in [9.17, 15) is 8.42 Å². The quantitative estimate of drug-likeness (QED) is 0.704.